The molecule has 3 aromatic rings. The minimum Gasteiger partial charge on any atom is -0.321 e. The Morgan fingerprint density at radius 1 is 1.14 bits per heavy atom. The van der Waals surface area contributed by atoms with Gasteiger partial charge in [0.2, 0.25) is 0 Å². The molecule has 104 valence electrons. The lowest BCUT2D eigenvalue weighted by Gasteiger charge is -2.09. The summed E-state index contributed by atoms with van der Waals surface area (Å²) in [6, 6.07) is 11.8. The van der Waals surface area contributed by atoms with Gasteiger partial charge in [-0.2, -0.15) is 0 Å². The Balaban J connectivity index is 1.99. The van der Waals surface area contributed by atoms with Crippen LogP contribution in [0.2, 0.25) is 0 Å². The van der Waals surface area contributed by atoms with E-state index in [1.165, 1.54) is 12.1 Å². The van der Waals surface area contributed by atoms with Crippen molar-refractivity contribution in [1.82, 2.24) is 4.98 Å². The standard InChI is InChI=1S/C16H10BrFN2O/c17-15-11(4-2-5-13(15)18)16(21)20-14-6-1-3-10-7-8-19-9-12(10)14/h1-9H,(H,20,21). The maximum atomic E-state index is 13.5. The summed E-state index contributed by atoms with van der Waals surface area (Å²) in [6.45, 7) is 0. The third-order valence-electron chi connectivity index (χ3n) is 3.13. The molecule has 0 saturated heterocycles. The molecular formula is C16H10BrFN2O. The van der Waals surface area contributed by atoms with Crippen molar-refractivity contribution in [2.24, 2.45) is 0 Å². The van der Waals surface area contributed by atoms with Crippen LogP contribution in [0.5, 0.6) is 0 Å². The Kier molecular flexibility index (Phi) is 3.66. The van der Waals surface area contributed by atoms with Gasteiger partial charge in [0, 0.05) is 17.8 Å². The molecular weight excluding hydrogens is 335 g/mol. The fourth-order valence-electron chi connectivity index (χ4n) is 2.09. The molecule has 1 aromatic heterocycles. The maximum Gasteiger partial charge on any atom is 0.256 e. The second-order valence-electron chi connectivity index (χ2n) is 4.46. The van der Waals surface area contributed by atoms with Crippen LogP contribution in [0.15, 0.2) is 59.3 Å². The van der Waals surface area contributed by atoms with Gasteiger partial charge < -0.3 is 5.32 Å². The smallest absolute Gasteiger partial charge is 0.256 e. The molecule has 0 atom stereocenters. The van der Waals surface area contributed by atoms with Crippen LogP contribution < -0.4 is 5.32 Å². The molecule has 3 rings (SSSR count). The highest BCUT2D eigenvalue weighted by Crippen LogP contribution is 2.25. The van der Waals surface area contributed by atoms with Crippen LogP contribution in [0.25, 0.3) is 10.8 Å². The highest BCUT2D eigenvalue weighted by Gasteiger charge is 2.14. The summed E-state index contributed by atoms with van der Waals surface area (Å²) < 4.78 is 13.6. The highest BCUT2D eigenvalue weighted by molar-refractivity contribution is 9.10. The predicted octanol–water partition coefficient (Wildman–Crippen LogP) is 4.39. The van der Waals surface area contributed by atoms with Crippen molar-refractivity contribution in [2.75, 3.05) is 5.32 Å². The van der Waals surface area contributed by atoms with Gasteiger partial charge in [-0.25, -0.2) is 4.39 Å². The van der Waals surface area contributed by atoms with Gasteiger partial charge in [-0.15, -0.1) is 0 Å². The minimum atomic E-state index is -0.470. The lowest BCUT2D eigenvalue weighted by Crippen LogP contribution is -2.13. The van der Waals surface area contributed by atoms with Crippen LogP contribution >= 0.6 is 15.9 Å². The summed E-state index contributed by atoms with van der Waals surface area (Å²) in [5.41, 5.74) is 0.887. The van der Waals surface area contributed by atoms with Crippen molar-refractivity contribution in [1.29, 1.82) is 0 Å². The molecule has 3 nitrogen and oxygen atoms in total. The number of amides is 1. The maximum absolute atomic E-state index is 13.5. The number of hydrogen-bond acceptors (Lipinski definition) is 2. The number of carbonyl (C=O) groups is 1. The molecule has 0 unspecified atom stereocenters. The zero-order valence-corrected chi connectivity index (χ0v) is 12.4. The van der Waals surface area contributed by atoms with E-state index < -0.39 is 5.82 Å². The summed E-state index contributed by atoms with van der Waals surface area (Å²) in [6.07, 6.45) is 3.38. The highest BCUT2D eigenvalue weighted by atomic mass is 79.9. The fraction of sp³-hybridized carbons (Fsp3) is 0. The van der Waals surface area contributed by atoms with Crippen LogP contribution in [0.4, 0.5) is 10.1 Å². The molecule has 0 aliphatic carbocycles. The van der Waals surface area contributed by atoms with Crippen LogP contribution in [-0.4, -0.2) is 10.9 Å². The molecule has 0 fully saturated rings. The number of hydrogen-bond donors (Lipinski definition) is 1. The topological polar surface area (TPSA) is 42.0 Å². The summed E-state index contributed by atoms with van der Waals surface area (Å²) in [4.78, 5) is 16.4. The van der Waals surface area contributed by atoms with E-state index in [4.69, 9.17) is 0 Å². The van der Waals surface area contributed by atoms with E-state index in [1.54, 1.807) is 24.5 Å². The van der Waals surface area contributed by atoms with Gasteiger partial charge in [-0.3, -0.25) is 9.78 Å². The van der Waals surface area contributed by atoms with E-state index in [-0.39, 0.29) is 15.9 Å². The Morgan fingerprint density at radius 3 is 2.81 bits per heavy atom. The van der Waals surface area contributed by atoms with E-state index in [1.807, 2.05) is 18.2 Å². The lowest BCUT2D eigenvalue weighted by molar-refractivity contribution is 0.102. The summed E-state index contributed by atoms with van der Waals surface area (Å²) in [5, 5.41) is 4.60. The Labute approximate surface area is 128 Å². The second kappa shape index (κ2) is 5.61. The number of aromatic nitrogens is 1. The molecule has 0 aliphatic rings. The zero-order valence-electron chi connectivity index (χ0n) is 10.8. The van der Waals surface area contributed by atoms with Crippen LogP contribution in [-0.2, 0) is 0 Å². The van der Waals surface area contributed by atoms with Gasteiger partial charge in [0.05, 0.1) is 15.7 Å². The largest absolute Gasteiger partial charge is 0.321 e. The molecule has 0 saturated carbocycles. The first-order valence-electron chi connectivity index (χ1n) is 6.25. The van der Waals surface area contributed by atoms with Crippen LogP contribution in [0.1, 0.15) is 10.4 Å². The number of halogens is 2. The third kappa shape index (κ3) is 2.64. The number of fused-ring (bicyclic) bond motifs is 1. The SMILES string of the molecule is O=C(Nc1cccc2ccncc12)c1cccc(F)c1Br. The van der Waals surface area contributed by atoms with Gasteiger partial charge in [0.15, 0.2) is 0 Å². The van der Waals surface area contributed by atoms with Crippen LogP contribution in [0, 0.1) is 5.82 Å². The Bertz CT molecular complexity index is 830. The van der Waals surface area contributed by atoms with Crippen molar-refractivity contribution < 1.29 is 9.18 Å². The van der Waals surface area contributed by atoms with Crippen LogP contribution in [0.3, 0.4) is 0 Å². The summed E-state index contributed by atoms with van der Waals surface area (Å²) >= 11 is 3.10. The molecule has 1 heterocycles. The van der Waals surface area contributed by atoms with Crippen molar-refractivity contribution in [3.63, 3.8) is 0 Å². The third-order valence-corrected chi connectivity index (χ3v) is 3.93. The molecule has 0 bridgehead atoms. The Morgan fingerprint density at radius 2 is 1.95 bits per heavy atom. The fourth-order valence-corrected chi connectivity index (χ4v) is 2.54. The van der Waals surface area contributed by atoms with Crippen molar-refractivity contribution >= 4 is 38.3 Å². The average Bonchev–Trinajstić information content (AvgIpc) is 2.50. The van der Waals surface area contributed by atoms with Gasteiger partial charge in [-0.1, -0.05) is 18.2 Å². The quantitative estimate of drug-likeness (QED) is 0.749. The molecule has 1 amide bonds. The van der Waals surface area contributed by atoms with E-state index in [0.29, 0.717) is 5.69 Å². The first-order chi connectivity index (χ1) is 10.2. The molecule has 1 N–H and O–H groups in total. The second-order valence-corrected chi connectivity index (χ2v) is 5.25. The van der Waals surface area contributed by atoms with Gasteiger partial charge in [-0.05, 0) is 45.6 Å². The summed E-state index contributed by atoms with van der Waals surface area (Å²) in [5.74, 6) is -0.847. The molecule has 21 heavy (non-hydrogen) atoms. The van der Waals surface area contributed by atoms with Gasteiger partial charge >= 0.3 is 0 Å². The van der Waals surface area contributed by atoms with Crippen molar-refractivity contribution in [3.8, 4) is 0 Å². The number of anilines is 1. The number of nitrogens with one attached hydrogen (secondary N) is 1. The number of benzene rings is 2. The number of pyridine rings is 1. The minimum absolute atomic E-state index is 0.154. The van der Waals surface area contributed by atoms with Crippen molar-refractivity contribution in [3.05, 3.63) is 70.7 Å². The van der Waals surface area contributed by atoms with E-state index in [0.717, 1.165) is 10.8 Å². The number of rotatable bonds is 2. The van der Waals surface area contributed by atoms with Crippen molar-refractivity contribution in [2.45, 2.75) is 0 Å². The first kappa shape index (κ1) is 13.7. The monoisotopic (exact) mass is 344 g/mol. The summed E-state index contributed by atoms with van der Waals surface area (Å²) in [7, 11) is 0. The molecule has 0 spiro atoms. The first-order valence-corrected chi connectivity index (χ1v) is 7.04. The van der Waals surface area contributed by atoms with E-state index in [9.17, 15) is 9.18 Å². The van der Waals surface area contributed by atoms with Gasteiger partial charge in [0.25, 0.3) is 5.91 Å². The predicted molar refractivity (Wildman–Crippen MR) is 83.8 cm³/mol. The molecule has 0 radical (unpaired) electrons. The molecule has 5 heteroatoms. The zero-order chi connectivity index (χ0) is 14.8. The van der Waals surface area contributed by atoms with Gasteiger partial charge in [0.1, 0.15) is 5.82 Å². The molecule has 2 aromatic carbocycles. The Hall–Kier alpha value is -2.27. The average molecular weight is 345 g/mol. The number of carbonyl (C=O) groups excluding carboxylic acids is 1. The van der Waals surface area contributed by atoms with E-state index >= 15 is 0 Å². The molecule has 0 aliphatic heterocycles. The van der Waals surface area contributed by atoms with E-state index in [2.05, 4.69) is 26.2 Å². The lowest BCUT2D eigenvalue weighted by atomic mass is 10.1. The number of nitrogens with zero attached hydrogens (tertiary/aromatic N) is 1. The normalized spacial score (nSPS) is 10.6.